The Labute approximate surface area is 821 Å². The first-order valence-corrected chi connectivity index (χ1v) is 47.4. The van der Waals surface area contributed by atoms with Crippen molar-refractivity contribution < 1.29 is 219 Å². The lowest BCUT2D eigenvalue weighted by Crippen LogP contribution is -2.44. The van der Waals surface area contributed by atoms with Gasteiger partial charge in [0.05, 0.1) is 96.5 Å². The molecule has 0 aromatic rings. The van der Waals surface area contributed by atoms with Crippen LogP contribution in [0.2, 0.25) is 0 Å². The molecular weight excluding hydrogens is 1910 g/mol. The third kappa shape index (κ3) is 19.4. The van der Waals surface area contributed by atoms with Gasteiger partial charge in [0.25, 0.3) is 0 Å². The Kier molecular flexibility index (Phi) is 29.0. The molecule has 778 valence electrons. The Morgan fingerprint density at radius 1 is 0.306 bits per heavy atom. The number of hydrogen-bond donors (Lipinski definition) is 0. The van der Waals surface area contributed by atoms with Gasteiger partial charge in [0, 0.05) is 57.4 Å². The Balaban J connectivity index is 0.000000113. The minimum absolute atomic E-state index is 0.0363. The quantitative estimate of drug-likeness (QED) is 0.0541. The third-order valence-electron chi connectivity index (χ3n) is 29.5. The van der Waals surface area contributed by atoms with Gasteiger partial charge in [-0.25, -0.2) is 43.2 Å². The van der Waals surface area contributed by atoms with Gasteiger partial charge in [0.2, 0.25) is 0 Å². The van der Waals surface area contributed by atoms with Crippen LogP contribution in [0.1, 0.15) is 127 Å². The van der Waals surface area contributed by atoms with E-state index in [1.165, 1.54) is 13.8 Å². The van der Waals surface area contributed by atoms with Gasteiger partial charge in [0.15, 0.2) is 104 Å². The van der Waals surface area contributed by atoms with Crippen molar-refractivity contribution in [3.05, 3.63) is 97.7 Å². The highest BCUT2D eigenvalue weighted by atomic mass is 16.7. The molecule has 0 aliphatic carbocycles. The summed E-state index contributed by atoms with van der Waals surface area (Å²) in [6.07, 6.45) is -6.18. The molecule has 16 bridgehead atoms. The minimum atomic E-state index is -0.694. The lowest BCUT2D eigenvalue weighted by molar-refractivity contribution is -0.167. The van der Waals surface area contributed by atoms with Crippen molar-refractivity contribution in [1.29, 1.82) is 0 Å². The second kappa shape index (κ2) is 40.5. The minimum Gasteiger partial charge on any atom is -0.462 e. The van der Waals surface area contributed by atoms with Crippen LogP contribution in [0, 0.1) is 52.8 Å². The van der Waals surface area contributed by atoms with E-state index in [1.54, 1.807) is 34.6 Å². The average Bonchev–Trinajstić information content (AvgIpc) is 1.54. The average molecular weight is 2020 g/mol. The second-order valence-corrected chi connectivity index (χ2v) is 39.8. The highest BCUT2D eigenvalue weighted by Crippen LogP contribution is 2.58. The van der Waals surface area contributed by atoms with Crippen molar-refractivity contribution in [2.24, 2.45) is 52.8 Å². The van der Waals surface area contributed by atoms with E-state index >= 15 is 0 Å². The van der Waals surface area contributed by atoms with Crippen LogP contribution in [-0.4, -0.2) is 329 Å². The summed E-state index contributed by atoms with van der Waals surface area (Å²) < 4.78 is 143. The SMILES string of the molecule is C=C(C)C(=O)OC1C2CC3(C)C(=O)OC1C3O2.C=C(C)C(=O)OC1C2CC3C(=O)OC1C3O2.C=C(C)C(=O)OC1C2CC3C(=O)OC1C3O2.C=C(C)C(=O)OC1C2OC3C1OC(=O)C3C2C.C=C(C)C(=O)OCC(=O)OC1C2CC3C(=O)OC1C3O2.C=C(C)C(=O)OCCC(=O)OC1C2CC3C(=O)OC1C3O2.C=C(C)C(=O)OCCCC(=O)OC1C2CC3C(=O)OC1C3O2.C=CC(=O)OC1C2CC3C(=O)OC1C3O2. The fourth-order valence-electron chi connectivity index (χ4n) is 22.5. The van der Waals surface area contributed by atoms with E-state index in [2.05, 4.69) is 52.6 Å². The first kappa shape index (κ1) is 103. The summed E-state index contributed by atoms with van der Waals surface area (Å²) in [5.74, 6) is -8.91. The van der Waals surface area contributed by atoms with Crippen LogP contribution in [0.5, 0.6) is 0 Å². The molecular formula is C98H110O46. The molecule has 24 rings (SSSR count). The summed E-state index contributed by atoms with van der Waals surface area (Å²) in [5.41, 5.74) is 1.58. The zero-order valence-corrected chi connectivity index (χ0v) is 79.8. The normalized spacial score (nSPS) is 40.7. The van der Waals surface area contributed by atoms with Crippen LogP contribution in [0.25, 0.3) is 0 Å². The van der Waals surface area contributed by atoms with Gasteiger partial charge in [-0.1, -0.05) is 59.6 Å². The van der Waals surface area contributed by atoms with Crippen LogP contribution < -0.4 is 0 Å². The molecule has 46 nitrogen and oxygen atoms in total. The maximum Gasteiger partial charge on any atom is 0.344 e. The molecule has 0 amide bonds. The number of rotatable bonds is 25. The highest BCUT2D eigenvalue weighted by molar-refractivity contribution is 5.92. The van der Waals surface area contributed by atoms with Gasteiger partial charge in [-0.2, -0.15) is 0 Å². The van der Waals surface area contributed by atoms with E-state index in [0.29, 0.717) is 79.2 Å². The number of hydrogen-bond acceptors (Lipinski definition) is 46. The topological polar surface area (TPSA) is 574 Å². The molecule has 24 saturated heterocycles. The fraction of sp³-hybridized carbons (Fsp3) is 0.643. The van der Waals surface area contributed by atoms with E-state index in [9.17, 15) is 91.1 Å². The molecule has 0 radical (unpaired) electrons. The number of carbonyl (C=O) groups excluding carboxylic acids is 19. The molecule has 46 heteroatoms. The van der Waals surface area contributed by atoms with Crippen molar-refractivity contribution in [3.8, 4) is 0 Å². The van der Waals surface area contributed by atoms with Crippen molar-refractivity contribution in [2.45, 2.75) is 322 Å². The molecule has 41 unspecified atom stereocenters. The van der Waals surface area contributed by atoms with Crippen molar-refractivity contribution >= 4 is 113 Å². The monoisotopic (exact) mass is 2020 g/mol. The highest BCUT2D eigenvalue weighted by Gasteiger charge is 2.75. The fourth-order valence-corrected chi connectivity index (χ4v) is 22.5. The van der Waals surface area contributed by atoms with E-state index in [0.717, 1.165) is 6.08 Å². The van der Waals surface area contributed by atoms with Crippen LogP contribution in [0.4, 0.5) is 0 Å². The van der Waals surface area contributed by atoms with E-state index < -0.39 is 175 Å². The molecule has 0 aromatic heterocycles. The largest absolute Gasteiger partial charge is 0.462 e. The molecule has 0 N–H and O–H groups in total. The van der Waals surface area contributed by atoms with Crippen molar-refractivity contribution in [1.82, 2.24) is 0 Å². The number of ether oxygens (including phenoxy) is 27. The molecule has 24 aliphatic rings. The summed E-state index contributed by atoms with van der Waals surface area (Å²) in [6, 6.07) is 0. The molecule has 24 fully saturated rings. The van der Waals surface area contributed by atoms with Gasteiger partial charge in [-0.15, -0.1) is 0 Å². The summed E-state index contributed by atoms with van der Waals surface area (Å²) in [7, 11) is 0. The van der Waals surface area contributed by atoms with E-state index in [4.69, 9.17) is 128 Å². The van der Waals surface area contributed by atoms with E-state index in [-0.39, 0.29) is 230 Å². The number of fused-ring (bicyclic) bond motifs is 8. The second-order valence-electron chi connectivity index (χ2n) is 39.8. The first-order chi connectivity index (χ1) is 68.2. The van der Waals surface area contributed by atoms with Crippen LogP contribution in [0.3, 0.4) is 0 Å². The van der Waals surface area contributed by atoms with Gasteiger partial charge >= 0.3 is 113 Å². The smallest absolute Gasteiger partial charge is 0.344 e. The maximum absolute atomic E-state index is 11.8. The lowest BCUT2D eigenvalue weighted by Gasteiger charge is -2.26. The predicted octanol–water partition coefficient (Wildman–Crippen LogP) is 1.54. The zero-order chi connectivity index (χ0) is 104. The lowest BCUT2D eigenvalue weighted by atomic mass is 9.76. The summed E-state index contributed by atoms with van der Waals surface area (Å²) >= 11 is 0. The number of esters is 19. The Hall–Kier alpha value is -12.5. The van der Waals surface area contributed by atoms with Gasteiger partial charge < -0.3 is 128 Å². The first-order valence-electron chi connectivity index (χ1n) is 47.4. The molecule has 24 heterocycles. The van der Waals surface area contributed by atoms with Crippen molar-refractivity contribution in [3.63, 3.8) is 0 Å². The predicted molar refractivity (Wildman–Crippen MR) is 462 cm³/mol. The van der Waals surface area contributed by atoms with Crippen molar-refractivity contribution in [2.75, 3.05) is 19.8 Å². The molecule has 144 heavy (non-hydrogen) atoms. The van der Waals surface area contributed by atoms with Crippen LogP contribution in [-0.2, 0) is 219 Å². The summed E-state index contributed by atoms with van der Waals surface area (Å²) in [4.78, 5) is 218. The molecule has 0 aromatic carbocycles. The van der Waals surface area contributed by atoms with Crippen LogP contribution in [0.15, 0.2) is 97.7 Å². The van der Waals surface area contributed by atoms with Gasteiger partial charge in [0.1, 0.15) is 67.6 Å². The standard InChI is InChI=1S/C15H18O7.C14H16O7.C13H14O7.2C12H14O5.2C11H12O5.C10H10O5/c1-7(2)14(17)19-5-3-4-10(16)21-12-9-6-8-11(20-9)13(12)22-15(8)18;1-6(2)13(16)18-4-3-9(15)20-11-8-5-7-10(19-8)12(11)21-14(7)17;1-5(2)12(15)17-4-8(14)19-10-7-3-6-9(18-7)11(10)20-13(6)16;1-5(2)10(13)16-7-6-4-12(3)9(15-6)8(7)17-11(12)14;1-4(2)11(13)16-9-7-5(3)6-8(15-7)10(9)17-12(6)14;2*1-4(2)10(12)15-8-6-3-5-7(14-6)9(8)16-11(5)13;1-2-6(11)14-8-5-3-4-7(13-5)9(8)15-10(4)12/h8-9,11-13H,1,3-6H2,2H3;7-8,10-12H,1,3-5H2,2H3;6-7,9-11H,1,3-4H2,2H3;6-9H,1,4H2,2-3H3;5-10H,1H2,2-3H3;2*5-9H,1,3H2,2H3;2,4-5,7-9H,1,3H2. The molecule has 41 atom stereocenters. The van der Waals surface area contributed by atoms with Gasteiger partial charge in [-0.3, -0.25) is 47.9 Å². The van der Waals surface area contributed by atoms with Crippen LogP contribution >= 0.6 is 0 Å². The summed E-state index contributed by atoms with van der Waals surface area (Å²) in [6.45, 7) is 42.0. The zero-order valence-electron chi connectivity index (χ0n) is 79.8. The Morgan fingerprint density at radius 2 is 0.597 bits per heavy atom. The summed E-state index contributed by atoms with van der Waals surface area (Å²) in [5, 5.41) is 0. The molecule has 0 saturated carbocycles. The Morgan fingerprint density at radius 3 is 0.944 bits per heavy atom. The third-order valence-corrected chi connectivity index (χ3v) is 29.5. The molecule has 0 spiro atoms. The van der Waals surface area contributed by atoms with E-state index in [1.807, 2.05) is 13.8 Å². The molecule has 24 aliphatic heterocycles. The number of carbonyl (C=O) groups is 19. The maximum atomic E-state index is 11.8. The Bertz CT molecular complexity index is 5370. The van der Waals surface area contributed by atoms with Gasteiger partial charge in [-0.05, 0) is 107 Å².